The van der Waals surface area contributed by atoms with Crippen molar-refractivity contribution < 1.29 is 19.5 Å². The van der Waals surface area contributed by atoms with Gasteiger partial charge in [0.25, 0.3) is 0 Å². The van der Waals surface area contributed by atoms with Gasteiger partial charge in [-0.3, -0.25) is 0 Å². The van der Waals surface area contributed by atoms with Crippen LogP contribution in [0.1, 0.15) is 5.56 Å². The zero-order valence-electron chi connectivity index (χ0n) is 15.6. The molecule has 0 spiro atoms. The minimum atomic E-state index is -0.455. The molecule has 2 N–H and O–H groups in total. The molecule has 0 aliphatic carbocycles. The summed E-state index contributed by atoms with van der Waals surface area (Å²) in [4.78, 5) is 3.77. The molecule has 1 fully saturated rings. The van der Waals surface area contributed by atoms with Crippen LogP contribution in [0, 0.1) is 6.92 Å². The standard InChI is InChI=1S/C21H28N2O3/c1-17-6-5-7-19(14-17)26-16-18(24)15-22-10-12-23(13-11-22)20-8-3-4-9-21(20)25-2/h3-9,14,18,24H,10-13,15-16H2,1-2H3/p+1/t18-/m0/s1. The molecule has 1 saturated heterocycles. The number of piperazine rings is 1. The van der Waals surface area contributed by atoms with E-state index in [4.69, 9.17) is 9.47 Å². The summed E-state index contributed by atoms with van der Waals surface area (Å²) in [6, 6.07) is 16.1. The number of ether oxygens (including phenoxy) is 2. The number of hydrogen-bond acceptors (Lipinski definition) is 4. The highest BCUT2D eigenvalue weighted by Crippen LogP contribution is 2.27. The zero-order chi connectivity index (χ0) is 18.4. The summed E-state index contributed by atoms with van der Waals surface area (Å²) in [5.41, 5.74) is 2.31. The zero-order valence-corrected chi connectivity index (χ0v) is 15.6. The molecule has 1 aliphatic rings. The smallest absolute Gasteiger partial charge is 0.142 e. The van der Waals surface area contributed by atoms with E-state index in [0.29, 0.717) is 13.2 Å². The number of nitrogens with zero attached hydrogens (tertiary/aromatic N) is 1. The Morgan fingerprint density at radius 3 is 2.62 bits per heavy atom. The molecular formula is C21H29N2O3+. The second-order valence-electron chi connectivity index (χ2n) is 6.89. The number of methoxy groups -OCH3 is 1. The number of aryl methyl sites for hydroxylation is 1. The number of hydrogen-bond donors (Lipinski definition) is 2. The Hall–Kier alpha value is -2.24. The molecule has 1 atom stereocenters. The van der Waals surface area contributed by atoms with Crippen molar-refractivity contribution in [3.05, 3.63) is 54.1 Å². The average molecular weight is 357 g/mol. The molecule has 26 heavy (non-hydrogen) atoms. The fourth-order valence-electron chi connectivity index (χ4n) is 3.45. The van der Waals surface area contributed by atoms with Crippen molar-refractivity contribution in [3.63, 3.8) is 0 Å². The summed E-state index contributed by atoms with van der Waals surface area (Å²) in [6.45, 7) is 7.00. The second kappa shape index (κ2) is 8.92. The fourth-order valence-corrected chi connectivity index (χ4v) is 3.45. The van der Waals surface area contributed by atoms with Gasteiger partial charge in [0.2, 0.25) is 0 Å². The summed E-state index contributed by atoms with van der Waals surface area (Å²) in [5, 5.41) is 10.3. The first-order valence-corrected chi connectivity index (χ1v) is 9.25. The van der Waals surface area contributed by atoms with Crippen LogP contribution in [0.2, 0.25) is 0 Å². The van der Waals surface area contributed by atoms with Gasteiger partial charge in [-0.1, -0.05) is 24.3 Å². The van der Waals surface area contributed by atoms with Crippen LogP contribution in [0.5, 0.6) is 11.5 Å². The van der Waals surface area contributed by atoms with Crippen LogP contribution in [-0.2, 0) is 0 Å². The number of benzene rings is 2. The molecule has 0 saturated carbocycles. The summed E-state index contributed by atoms with van der Waals surface area (Å²) in [6.07, 6.45) is -0.455. The van der Waals surface area contributed by atoms with Gasteiger partial charge in [0.15, 0.2) is 0 Å². The molecule has 5 nitrogen and oxygen atoms in total. The number of rotatable bonds is 7. The molecule has 0 unspecified atom stereocenters. The van der Waals surface area contributed by atoms with Gasteiger partial charge >= 0.3 is 0 Å². The minimum Gasteiger partial charge on any atom is -0.495 e. The molecule has 2 aromatic carbocycles. The maximum absolute atomic E-state index is 10.3. The van der Waals surface area contributed by atoms with E-state index >= 15 is 0 Å². The molecule has 1 heterocycles. The van der Waals surface area contributed by atoms with Gasteiger partial charge in [0.05, 0.1) is 39.0 Å². The summed E-state index contributed by atoms with van der Waals surface area (Å²) < 4.78 is 11.2. The lowest BCUT2D eigenvalue weighted by atomic mass is 10.2. The fraction of sp³-hybridized carbons (Fsp3) is 0.429. The number of aliphatic hydroxyl groups excluding tert-OH is 1. The van der Waals surface area contributed by atoms with Crippen LogP contribution < -0.4 is 19.3 Å². The Labute approximate surface area is 155 Å². The molecule has 0 radical (unpaired) electrons. The Morgan fingerprint density at radius 1 is 1.12 bits per heavy atom. The van der Waals surface area contributed by atoms with Crippen LogP contribution in [0.3, 0.4) is 0 Å². The van der Waals surface area contributed by atoms with Crippen LogP contribution in [0.4, 0.5) is 5.69 Å². The lowest BCUT2D eigenvalue weighted by Crippen LogP contribution is -3.16. The topological polar surface area (TPSA) is 46.4 Å². The largest absolute Gasteiger partial charge is 0.495 e. The third kappa shape index (κ3) is 4.90. The lowest BCUT2D eigenvalue weighted by Gasteiger charge is -2.35. The molecule has 1 aliphatic heterocycles. The lowest BCUT2D eigenvalue weighted by molar-refractivity contribution is -0.903. The third-order valence-corrected chi connectivity index (χ3v) is 4.85. The van der Waals surface area contributed by atoms with Gasteiger partial charge in [0, 0.05) is 0 Å². The SMILES string of the molecule is COc1ccccc1N1CC[NH+](C[C@H](O)COc2cccc(C)c2)CC1. The van der Waals surface area contributed by atoms with E-state index in [1.165, 1.54) is 4.90 Å². The van der Waals surface area contributed by atoms with Crippen molar-refractivity contribution in [1.82, 2.24) is 0 Å². The predicted octanol–water partition coefficient (Wildman–Crippen LogP) is 1.15. The van der Waals surface area contributed by atoms with Crippen LogP contribution in [0.25, 0.3) is 0 Å². The third-order valence-electron chi connectivity index (χ3n) is 4.85. The van der Waals surface area contributed by atoms with Gasteiger partial charge in [-0.05, 0) is 36.8 Å². The van der Waals surface area contributed by atoms with Crippen molar-refractivity contribution in [2.45, 2.75) is 13.0 Å². The van der Waals surface area contributed by atoms with Crippen molar-refractivity contribution in [3.8, 4) is 11.5 Å². The Balaban J connectivity index is 1.45. The molecular weight excluding hydrogens is 328 g/mol. The highest BCUT2D eigenvalue weighted by molar-refractivity contribution is 5.58. The first-order chi connectivity index (χ1) is 12.7. The molecule has 0 bridgehead atoms. The Bertz CT molecular complexity index is 699. The van der Waals surface area contributed by atoms with Crippen LogP contribution in [0.15, 0.2) is 48.5 Å². The summed E-state index contributed by atoms with van der Waals surface area (Å²) >= 11 is 0. The molecule has 5 heteroatoms. The van der Waals surface area contributed by atoms with E-state index < -0.39 is 6.10 Å². The van der Waals surface area contributed by atoms with Crippen LogP contribution >= 0.6 is 0 Å². The number of anilines is 1. The van der Waals surface area contributed by atoms with E-state index in [0.717, 1.165) is 48.9 Å². The minimum absolute atomic E-state index is 0.336. The van der Waals surface area contributed by atoms with E-state index in [1.54, 1.807) is 7.11 Å². The maximum atomic E-state index is 10.3. The predicted molar refractivity (Wildman–Crippen MR) is 103 cm³/mol. The average Bonchev–Trinajstić information content (AvgIpc) is 2.67. The van der Waals surface area contributed by atoms with E-state index in [1.807, 2.05) is 49.4 Å². The van der Waals surface area contributed by atoms with Gasteiger partial charge in [0.1, 0.15) is 30.8 Å². The number of aliphatic hydroxyl groups is 1. The number of quaternary nitrogens is 1. The molecule has 0 aromatic heterocycles. The molecule has 2 aromatic rings. The number of nitrogens with one attached hydrogen (secondary N) is 1. The molecule has 3 rings (SSSR count). The van der Waals surface area contributed by atoms with Crippen molar-refractivity contribution in [1.29, 1.82) is 0 Å². The van der Waals surface area contributed by atoms with Crippen LogP contribution in [-0.4, -0.2) is 57.7 Å². The van der Waals surface area contributed by atoms with Crippen molar-refractivity contribution >= 4 is 5.69 Å². The summed E-state index contributed by atoms with van der Waals surface area (Å²) in [7, 11) is 1.71. The Morgan fingerprint density at radius 2 is 1.88 bits per heavy atom. The maximum Gasteiger partial charge on any atom is 0.142 e. The monoisotopic (exact) mass is 357 g/mol. The first kappa shape index (κ1) is 18.5. The van der Waals surface area contributed by atoms with Gasteiger partial charge < -0.3 is 24.4 Å². The normalized spacial score (nSPS) is 16.3. The highest BCUT2D eigenvalue weighted by Gasteiger charge is 2.24. The van der Waals surface area contributed by atoms with E-state index in [2.05, 4.69) is 11.0 Å². The van der Waals surface area contributed by atoms with E-state index in [9.17, 15) is 5.11 Å². The Kier molecular flexibility index (Phi) is 6.36. The number of para-hydroxylation sites is 2. The molecule has 140 valence electrons. The second-order valence-corrected chi connectivity index (χ2v) is 6.89. The van der Waals surface area contributed by atoms with Crippen molar-refractivity contribution in [2.24, 2.45) is 0 Å². The highest BCUT2D eigenvalue weighted by atomic mass is 16.5. The summed E-state index contributed by atoms with van der Waals surface area (Å²) in [5.74, 6) is 1.74. The quantitative estimate of drug-likeness (QED) is 0.780. The van der Waals surface area contributed by atoms with Gasteiger partial charge in [-0.15, -0.1) is 0 Å². The molecule has 0 amide bonds. The first-order valence-electron chi connectivity index (χ1n) is 9.25. The van der Waals surface area contributed by atoms with Gasteiger partial charge in [-0.2, -0.15) is 0 Å². The van der Waals surface area contributed by atoms with Crippen molar-refractivity contribution in [2.75, 3.05) is 51.3 Å². The van der Waals surface area contributed by atoms with Gasteiger partial charge in [-0.25, -0.2) is 0 Å². The van der Waals surface area contributed by atoms with E-state index in [-0.39, 0.29) is 0 Å².